The summed E-state index contributed by atoms with van der Waals surface area (Å²) >= 11 is 0. The van der Waals surface area contributed by atoms with Crippen LogP contribution < -0.4 is 0 Å². The molecule has 0 amide bonds. The number of hydrogen-bond donors (Lipinski definition) is 0. The monoisotopic (exact) mass is 358 g/mol. The summed E-state index contributed by atoms with van der Waals surface area (Å²) in [4.78, 5) is 0. The molecule has 0 aliphatic heterocycles. The van der Waals surface area contributed by atoms with E-state index in [1.54, 1.807) is 0 Å². The quantitative estimate of drug-likeness (QED) is 0.307. The third-order valence-corrected chi connectivity index (χ3v) is 5.61. The third-order valence-electron chi connectivity index (χ3n) is 5.61. The molecule has 0 bridgehead atoms. The van der Waals surface area contributed by atoms with Crippen molar-refractivity contribution in [1.29, 1.82) is 0 Å². The average molecular weight is 358 g/mol. The SMILES string of the molecule is CCc1ccc2c(-c3cccc4ccccc34)cc(-c3ccccc3)cc2c1. The summed E-state index contributed by atoms with van der Waals surface area (Å²) in [6.45, 7) is 2.22. The fourth-order valence-electron chi connectivity index (χ4n) is 4.12. The largest absolute Gasteiger partial charge is 0.0622 e. The van der Waals surface area contributed by atoms with Gasteiger partial charge in [0.2, 0.25) is 0 Å². The number of rotatable bonds is 3. The molecule has 28 heavy (non-hydrogen) atoms. The van der Waals surface area contributed by atoms with Gasteiger partial charge in [-0.25, -0.2) is 0 Å². The Morgan fingerprint density at radius 2 is 1.25 bits per heavy atom. The Balaban J connectivity index is 1.86. The molecule has 0 heteroatoms. The first kappa shape index (κ1) is 16.8. The molecule has 0 aliphatic rings. The number of benzene rings is 5. The van der Waals surface area contributed by atoms with Gasteiger partial charge < -0.3 is 0 Å². The Labute approximate surface area is 166 Å². The highest BCUT2D eigenvalue weighted by Crippen LogP contribution is 2.37. The molecule has 0 unspecified atom stereocenters. The van der Waals surface area contributed by atoms with Gasteiger partial charge in [0, 0.05) is 0 Å². The van der Waals surface area contributed by atoms with E-state index in [1.807, 2.05) is 0 Å². The lowest BCUT2D eigenvalue weighted by molar-refractivity contribution is 1.15. The molecular formula is C28H22. The van der Waals surface area contributed by atoms with Crippen LogP contribution in [0.1, 0.15) is 12.5 Å². The van der Waals surface area contributed by atoms with Crippen LogP contribution in [-0.2, 0) is 6.42 Å². The molecule has 134 valence electrons. The molecule has 0 spiro atoms. The van der Waals surface area contributed by atoms with E-state index in [-0.39, 0.29) is 0 Å². The second-order valence-electron chi connectivity index (χ2n) is 7.33. The predicted octanol–water partition coefficient (Wildman–Crippen LogP) is 7.89. The highest BCUT2D eigenvalue weighted by molar-refractivity contribution is 6.07. The maximum atomic E-state index is 2.35. The first-order valence-electron chi connectivity index (χ1n) is 9.94. The van der Waals surface area contributed by atoms with Crippen molar-refractivity contribution in [1.82, 2.24) is 0 Å². The molecule has 0 aromatic heterocycles. The minimum Gasteiger partial charge on any atom is -0.0622 e. The van der Waals surface area contributed by atoms with Gasteiger partial charge in [-0.1, -0.05) is 97.9 Å². The molecule has 0 N–H and O–H groups in total. The zero-order valence-corrected chi connectivity index (χ0v) is 16.0. The van der Waals surface area contributed by atoms with Crippen molar-refractivity contribution in [3.63, 3.8) is 0 Å². The molecule has 0 saturated carbocycles. The van der Waals surface area contributed by atoms with Crippen molar-refractivity contribution < 1.29 is 0 Å². The van der Waals surface area contributed by atoms with Crippen LogP contribution in [0.5, 0.6) is 0 Å². The molecule has 5 aromatic carbocycles. The van der Waals surface area contributed by atoms with Crippen LogP contribution in [0.3, 0.4) is 0 Å². The van der Waals surface area contributed by atoms with Crippen LogP contribution in [0.4, 0.5) is 0 Å². The Kier molecular flexibility index (Phi) is 4.18. The van der Waals surface area contributed by atoms with Gasteiger partial charge in [-0.15, -0.1) is 0 Å². The smallest absolute Gasteiger partial charge is 0.00930 e. The van der Waals surface area contributed by atoms with E-state index in [2.05, 4.69) is 110 Å². The van der Waals surface area contributed by atoms with Crippen molar-refractivity contribution in [3.8, 4) is 22.3 Å². The second-order valence-corrected chi connectivity index (χ2v) is 7.33. The topological polar surface area (TPSA) is 0 Å². The van der Waals surface area contributed by atoms with E-state index < -0.39 is 0 Å². The van der Waals surface area contributed by atoms with Crippen molar-refractivity contribution in [2.24, 2.45) is 0 Å². The molecule has 0 radical (unpaired) electrons. The summed E-state index contributed by atoms with van der Waals surface area (Å²) in [7, 11) is 0. The molecule has 0 nitrogen and oxygen atoms in total. The lowest BCUT2D eigenvalue weighted by Crippen LogP contribution is -1.89. The van der Waals surface area contributed by atoms with Gasteiger partial charge in [0.05, 0.1) is 0 Å². The summed E-state index contributed by atoms with van der Waals surface area (Å²) in [5.74, 6) is 0. The van der Waals surface area contributed by atoms with Crippen LogP contribution in [-0.4, -0.2) is 0 Å². The van der Waals surface area contributed by atoms with Crippen LogP contribution in [0.15, 0.2) is 103 Å². The molecular weight excluding hydrogens is 336 g/mol. The lowest BCUT2D eigenvalue weighted by atomic mass is 9.90. The maximum absolute atomic E-state index is 2.35. The maximum Gasteiger partial charge on any atom is -0.00930 e. The zero-order chi connectivity index (χ0) is 18.9. The summed E-state index contributed by atoms with van der Waals surface area (Å²) in [5, 5.41) is 5.20. The lowest BCUT2D eigenvalue weighted by Gasteiger charge is -2.14. The number of fused-ring (bicyclic) bond motifs is 2. The van der Waals surface area contributed by atoms with Gasteiger partial charge in [-0.3, -0.25) is 0 Å². The average Bonchev–Trinajstić information content (AvgIpc) is 2.78. The highest BCUT2D eigenvalue weighted by atomic mass is 14.1. The normalized spacial score (nSPS) is 11.2. The minimum absolute atomic E-state index is 1.05. The molecule has 5 aromatic rings. The second kappa shape index (κ2) is 6.98. The van der Waals surface area contributed by atoms with Crippen molar-refractivity contribution in [2.75, 3.05) is 0 Å². The fourth-order valence-corrected chi connectivity index (χ4v) is 4.12. The summed E-state index contributed by atoms with van der Waals surface area (Å²) in [6.07, 6.45) is 1.05. The first-order chi connectivity index (χ1) is 13.8. The predicted molar refractivity (Wildman–Crippen MR) is 122 cm³/mol. The Bertz CT molecular complexity index is 1270. The van der Waals surface area contributed by atoms with Crippen molar-refractivity contribution >= 4 is 21.5 Å². The van der Waals surface area contributed by atoms with E-state index >= 15 is 0 Å². The van der Waals surface area contributed by atoms with Gasteiger partial charge in [0.25, 0.3) is 0 Å². The number of aryl methyl sites for hydroxylation is 1. The van der Waals surface area contributed by atoms with Gasteiger partial charge in [0.1, 0.15) is 0 Å². The Morgan fingerprint density at radius 3 is 2.11 bits per heavy atom. The summed E-state index contributed by atoms with van der Waals surface area (Å²) < 4.78 is 0. The van der Waals surface area contributed by atoms with Gasteiger partial charge >= 0.3 is 0 Å². The number of hydrogen-bond acceptors (Lipinski definition) is 0. The van der Waals surface area contributed by atoms with Crippen LogP contribution >= 0.6 is 0 Å². The Hall–Kier alpha value is -3.38. The standard InChI is InChI=1S/C28H22/c1-2-20-15-16-26-24(17-20)18-23(21-9-4-3-5-10-21)19-28(26)27-14-8-12-22-11-6-7-13-25(22)27/h3-19H,2H2,1H3. The minimum atomic E-state index is 1.05. The zero-order valence-electron chi connectivity index (χ0n) is 16.0. The summed E-state index contributed by atoms with van der Waals surface area (Å²) in [5.41, 5.74) is 6.50. The van der Waals surface area contributed by atoms with Crippen LogP contribution in [0, 0.1) is 0 Å². The molecule has 5 rings (SSSR count). The van der Waals surface area contributed by atoms with E-state index in [0.717, 1.165) is 6.42 Å². The van der Waals surface area contributed by atoms with Gasteiger partial charge in [-0.2, -0.15) is 0 Å². The molecule has 0 aliphatic carbocycles. The van der Waals surface area contributed by atoms with E-state index in [4.69, 9.17) is 0 Å². The highest BCUT2D eigenvalue weighted by Gasteiger charge is 2.11. The Morgan fingerprint density at radius 1 is 0.500 bits per heavy atom. The van der Waals surface area contributed by atoms with Crippen LogP contribution in [0.2, 0.25) is 0 Å². The van der Waals surface area contributed by atoms with Gasteiger partial charge in [-0.05, 0) is 67.9 Å². The van der Waals surface area contributed by atoms with Gasteiger partial charge in [0.15, 0.2) is 0 Å². The summed E-state index contributed by atoms with van der Waals surface area (Å²) in [6, 6.07) is 37.5. The van der Waals surface area contributed by atoms with E-state index in [9.17, 15) is 0 Å². The van der Waals surface area contributed by atoms with E-state index in [1.165, 1.54) is 49.4 Å². The van der Waals surface area contributed by atoms with E-state index in [0.29, 0.717) is 0 Å². The van der Waals surface area contributed by atoms with Crippen molar-refractivity contribution in [2.45, 2.75) is 13.3 Å². The fraction of sp³-hybridized carbons (Fsp3) is 0.0714. The molecule has 0 atom stereocenters. The van der Waals surface area contributed by atoms with Crippen LogP contribution in [0.25, 0.3) is 43.8 Å². The third kappa shape index (κ3) is 2.88. The molecule has 0 fully saturated rings. The first-order valence-corrected chi connectivity index (χ1v) is 9.94. The van der Waals surface area contributed by atoms with Crippen molar-refractivity contribution in [3.05, 3.63) is 109 Å². The molecule has 0 saturated heterocycles. The molecule has 0 heterocycles.